The lowest BCUT2D eigenvalue weighted by atomic mass is 10.0. The summed E-state index contributed by atoms with van der Waals surface area (Å²) in [6.45, 7) is 0. The van der Waals surface area contributed by atoms with Gasteiger partial charge in [0.1, 0.15) is 17.7 Å². The Kier molecular flexibility index (Phi) is 3.85. The van der Waals surface area contributed by atoms with E-state index in [0.717, 1.165) is 0 Å². The number of carbonyl (C=O) groups excluding carboxylic acids is 1. The number of esters is 1. The number of hydrogen-bond acceptors (Lipinski definition) is 4. The minimum atomic E-state index is -1.15. The van der Waals surface area contributed by atoms with E-state index in [1.807, 2.05) is 0 Å². The number of ether oxygens (including phenoxy) is 1. The molecule has 0 fully saturated rings. The highest BCUT2D eigenvalue weighted by molar-refractivity contribution is 5.88. The van der Waals surface area contributed by atoms with Gasteiger partial charge in [0.15, 0.2) is 5.69 Å². The molecule has 1 unspecified atom stereocenters. The molecule has 0 aliphatic carbocycles. The molecule has 0 saturated heterocycles. The quantitative estimate of drug-likeness (QED) is 0.879. The molecular formula is C16H15FN2O4. The Labute approximate surface area is 131 Å². The van der Waals surface area contributed by atoms with Crippen LogP contribution in [-0.4, -0.2) is 33.7 Å². The van der Waals surface area contributed by atoms with Crippen LogP contribution >= 0.6 is 0 Å². The number of carboxylic acids is 1. The first-order valence-corrected chi connectivity index (χ1v) is 7.21. The predicted molar refractivity (Wildman–Crippen MR) is 78.6 cm³/mol. The van der Waals surface area contributed by atoms with Crippen molar-refractivity contribution in [2.24, 2.45) is 0 Å². The lowest BCUT2D eigenvalue weighted by Gasteiger charge is -2.25. The fraction of sp³-hybridized carbons (Fsp3) is 0.312. The maximum atomic E-state index is 13.1. The Balaban J connectivity index is 2.21. The standard InChI is InChI=1S/C16H15FN2O4/c1-23-16(22)12-4-2-3-11-13(15(20)21)18-14(19(11)12)9-5-7-10(17)8-6-9/h5-8,12H,2-4H2,1H3,(H,20,21). The van der Waals surface area contributed by atoms with Gasteiger partial charge in [-0.3, -0.25) is 0 Å². The lowest BCUT2D eigenvalue weighted by molar-refractivity contribution is -0.145. The number of methoxy groups -OCH3 is 1. The highest BCUT2D eigenvalue weighted by Gasteiger charge is 2.34. The van der Waals surface area contributed by atoms with Crippen LogP contribution in [0.15, 0.2) is 24.3 Å². The second kappa shape index (κ2) is 5.83. The molecular weight excluding hydrogens is 303 g/mol. The smallest absolute Gasteiger partial charge is 0.356 e. The van der Waals surface area contributed by atoms with Crippen molar-refractivity contribution in [3.63, 3.8) is 0 Å². The van der Waals surface area contributed by atoms with Gasteiger partial charge in [0, 0.05) is 5.56 Å². The van der Waals surface area contributed by atoms with E-state index < -0.39 is 23.8 Å². The van der Waals surface area contributed by atoms with Crippen LogP contribution in [0.2, 0.25) is 0 Å². The molecule has 7 heteroatoms. The number of fused-ring (bicyclic) bond motifs is 1. The zero-order chi connectivity index (χ0) is 16.6. The molecule has 2 heterocycles. The molecule has 1 aliphatic heterocycles. The molecule has 1 aromatic heterocycles. The summed E-state index contributed by atoms with van der Waals surface area (Å²) in [5.74, 6) is -1.65. The van der Waals surface area contributed by atoms with Crippen molar-refractivity contribution >= 4 is 11.9 Å². The van der Waals surface area contributed by atoms with Gasteiger partial charge in [-0.2, -0.15) is 0 Å². The Morgan fingerprint density at radius 1 is 1.35 bits per heavy atom. The molecule has 2 aromatic rings. The summed E-state index contributed by atoms with van der Waals surface area (Å²) in [4.78, 5) is 27.7. The van der Waals surface area contributed by atoms with Crippen molar-refractivity contribution in [1.29, 1.82) is 0 Å². The van der Waals surface area contributed by atoms with Crippen LogP contribution in [0.25, 0.3) is 11.4 Å². The molecule has 0 spiro atoms. The molecule has 0 saturated carbocycles. The van der Waals surface area contributed by atoms with Gasteiger partial charge in [-0.1, -0.05) is 0 Å². The van der Waals surface area contributed by atoms with E-state index in [2.05, 4.69) is 4.98 Å². The van der Waals surface area contributed by atoms with Crippen LogP contribution in [0.4, 0.5) is 4.39 Å². The second-order valence-corrected chi connectivity index (χ2v) is 5.34. The van der Waals surface area contributed by atoms with Gasteiger partial charge in [-0.05, 0) is 43.5 Å². The van der Waals surface area contributed by atoms with E-state index in [4.69, 9.17) is 4.74 Å². The third kappa shape index (κ3) is 2.58. The zero-order valence-corrected chi connectivity index (χ0v) is 12.5. The number of imidazole rings is 1. The molecule has 1 atom stereocenters. The number of aromatic nitrogens is 2. The summed E-state index contributed by atoms with van der Waals surface area (Å²) in [5.41, 5.74) is 0.979. The van der Waals surface area contributed by atoms with Gasteiger partial charge in [-0.25, -0.2) is 19.0 Å². The lowest BCUT2D eigenvalue weighted by Crippen LogP contribution is -2.27. The van der Waals surface area contributed by atoms with Gasteiger partial charge >= 0.3 is 11.9 Å². The number of nitrogens with zero attached hydrogens (tertiary/aromatic N) is 2. The van der Waals surface area contributed by atoms with Crippen LogP contribution < -0.4 is 0 Å². The molecule has 0 amide bonds. The third-order valence-electron chi connectivity index (χ3n) is 3.99. The number of benzene rings is 1. The van der Waals surface area contributed by atoms with Gasteiger partial charge < -0.3 is 14.4 Å². The predicted octanol–water partition coefficient (Wildman–Crippen LogP) is 2.44. The maximum absolute atomic E-state index is 13.1. The molecule has 3 rings (SSSR count). The van der Waals surface area contributed by atoms with Gasteiger partial charge in [-0.15, -0.1) is 0 Å². The normalized spacial score (nSPS) is 16.7. The van der Waals surface area contributed by atoms with Crippen LogP contribution in [0.5, 0.6) is 0 Å². The highest BCUT2D eigenvalue weighted by atomic mass is 19.1. The van der Waals surface area contributed by atoms with E-state index in [-0.39, 0.29) is 5.69 Å². The molecule has 1 N–H and O–H groups in total. The van der Waals surface area contributed by atoms with Crippen molar-refractivity contribution < 1.29 is 23.8 Å². The van der Waals surface area contributed by atoms with E-state index in [1.165, 1.54) is 31.4 Å². The van der Waals surface area contributed by atoms with Crippen LogP contribution in [0.1, 0.15) is 35.1 Å². The van der Waals surface area contributed by atoms with Crippen molar-refractivity contribution in [3.05, 3.63) is 41.5 Å². The average molecular weight is 318 g/mol. The molecule has 0 bridgehead atoms. The molecule has 1 aliphatic rings. The summed E-state index contributed by atoms with van der Waals surface area (Å²) in [6.07, 6.45) is 1.74. The number of hydrogen-bond donors (Lipinski definition) is 1. The Morgan fingerprint density at radius 3 is 2.65 bits per heavy atom. The second-order valence-electron chi connectivity index (χ2n) is 5.34. The summed E-state index contributed by atoms with van der Waals surface area (Å²) >= 11 is 0. The number of carbonyl (C=O) groups is 2. The molecule has 6 nitrogen and oxygen atoms in total. The first kappa shape index (κ1) is 15.2. The maximum Gasteiger partial charge on any atom is 0.356 e. The van der Waals surface area contributed by atoms with E-state index >= 15 is 0 Å². The molecule has 23 heavy (non-hydrogen) atoms. The van der Waals surface area contributed by atoms with E-state index in [1.54, 1.807) is 4.57 Å². The average Bonchev–Trinajstić information content (AvgIpc) is 2.94. The van der Waals surface area contributed by atoms with Crippen LogP contribution in [0, 0.1) is 5.82 Å². The fourth-order valence-corrected chi connectivity index (χ4v) is 2.97. The van der Waals surface area contributed by atoms with Crippen LogP contribution in [-0.2, 0) is 16.0 Å². The molecule has 120 valence electrons. The topological polar surface area (TPSA) is 81.4 Å². The van der Waals surface area contributed by atoms with E-state index in [0.29, 0.717) is 36.3 Å². The molecule has 0 radical (unpaired) electrons. The fourth-order valence-electron chi connectivity index (χ4n) is 2.97. The van der Waals surface area contributed by atoms with Crippen molar-refractivity contribution in [1.82, 2.24) is 9.55 Å². The van der Waals surface area contributed by atoms with Crippen molar-refractivity contribution in [3.8, 4) is 11.4 Å². The highest BCUT2D eigenvalue weighted by Crippen LogP contribution is 2.34. The Bertz CT molecular complexity index is 767. The minimum absolute atomic E-state index is 0.0714. The number of carboxylic acid groups (broad SMARTS) is 1. The molecule has 1 aromatic carbocycles. The number of aromatic carboxylic acids is 1. The monoisotopic (exact) mass is 318 g/mol. The summed E-state index contributed by atoms with van der Waals surface area (Å²) in [7, 11) is 1.29. The van der Waals surface area contributed by atoms with Crippen molar-refractivity contribution in [2.75, 3.05) is 7.11 Å². The Morgan fingerprint density at radius 2 is 2.04 bits per heavy atom. The number of rotatable bonds is 3. The summed E-state index contributed by atoms with van der Waals surface area (Å²) in [6, 6.07) is 4.95. The number of halogens is 1. The first-order valence-electron chi connectivity index (χ1n) is 7.21. The largest absolute Gasteiger partial charge is 0.476 e. The SMILES string of the molecule is COC(=O)C1CCCc2c(C(=O)O)nc(-c3ccc(F)cc3)n21. The third-order valence-corrected chi connectivity index (χ3v) is 3.99. The summed E-state index contributed by atoms with van der Waals surface area (Å²) < 4.78 is 19.6. The van der Waals surface area contributed by atoms with Gasteiger partial charge in [0.2, 0.25) is 0 Å². The van der Waals surface area contributed by atoms with Gasteiger partial charge in [0.05, 0.1) is 12.8 Å². The van der Waals surface area contributed by atoms with Gasteiger partial charge in [0.25, 0.3) is 0 Å². The first-order chi connectivity index (χ1) is 11.0. The summed E-state index contributed by atoms with van der Waals surface area (Å²) in [5, 5.41) is 9.38. The zero-order valence-electron chi connectivity index (χ0n) is 12.5. The van der Waals surface area contributed by atoms with E-state index in [9.17, 15) is 19.1 Å². The van der Waals surface area contributed by atoms with Crippen molar-refractivity contribution in [2.45, 2.75) is 25.3 Å². The van der Waals surface area contributed by atoms with Crippen LogP contribution in [0.3, 0.4) is 0 Å². The minimum Gasteiger partial charge on any atom is -0.476 e. The Hall–Kier alpha value is -2.70.